The first-order valence-corrected chi connectivity index (χ1v) is 10.6. The first-order chi connectivity index (χ1) is 13.7. The number of ether oxygens (including phenoxy) is 1. The van der Waals surface area contributed by atoms with Gasteiger partial charge in [-0.1, -0.05) is 12.1 Å². The molecule has 1 amide bonds. The zero-order valence-electron chi connectivity index (χ0n) is 16.2. The Hall–Kier alpha value is -2.52. The molecule has 2 aromatic rings. The van der Waals surface area contributed by atoms with Crippen LogP contribution < -0.4 is 4.74 Å². The van der Waals surface area contributed by atoms with Crippen LogP contribution in [0.4, 0.5) is 8.78 Å². The third-order valence-corrected chi connectivity index (χ3v) is 6.90. The average Bonchev–Trinajstić information content (AvgIpc) is 2.68. The maximum Gasteiger partial charge on any atom is 0.260 e. The largest absolute Gasteiger partial charge is 0.484 e. The van der Waals surface area contributed by atoms with Gasteiger partial charge in [-0.3, -0.25) is 4.79 Å². The van der Waals surface area contributed by atoms with E-state index in [1.807, 2.05) is 26.0 Å². The van der Waals surface area contributed by atoms with Gasteiger partial charge < -0.3 is 9.64 Å². The third kappa shape index (κ3) is 4.56. The minimum atomic E-state index is -4.32. The number of hydrogen-bond donors (Lipinski definition) is 0. The van der Waals surface area contributed by atoms with Crippen LogP contribution in [0.25, 0.3) is 0 Å². The fraction of sp³-hybridized carbons (Fsp3) is 0.350. The second-order valence-electron chi connectivity index (χ2n) is 6.87. The number of benzene rings is 2. The van der Waals surface area contributed by atoms with Gasteiger partial charge >= 0.3 is 0 Å². The lowest BCUT2D eigenvalue weighted by molar-refractivity contribution is -0.134. The van der Waals surface area contributed by atoms with Crippen LogP contribution in [-0.2, 0) is 14.8 Å². The Morgan fingerprint density at radius 2 is 1.62 bits per heavy atom. The van der Waals surface area contributed by atoms with Crippen molar-refractivity contribution in [1.82, 2.24) is 9.21 Å². The zero-order valence-corrected chi connectivity index (χ0v) is 17.0. The van der Waals surface area contributed by atoms with Gasteiger partial charge in [-0.05, 0) is 49.2 Å². The number of carbonyl (C=O) groups excluding carboxylic acids is 1. The van der Waals surface area contributed by atoms with E-state index < -0.39 is 26.6 Å². The van der Waals surface area contributed by atoms with E-state index in [0.717, 1.165) is 33.6 Å². The molecule has 0 atom stereocenters. The fourth-order valence-electron chi connectivity index (χ4n) is 3.08. The molecule has 1 aliphatic heterocycles. The van der Waals surface area contributed by atoms with Crippen molar-refractivity contribution in [1.29, 1.82) is 0 Å². The zero-order chi connectivity index (χ0) is 21.2. The van der Waals surface area contributed by atoms with Crippen LogP contribution in [0.15, 0.2) is 41.3 Å². The van der Waals surface area contributed by atoms with E-state index in [9.17, 15) is 22.0 Å². The summed E-state index contributed by atoms with van der Waals surface area (Å²) in [6.45, 7) is 3.88. The summed E-state index contributed by atoms with van der Waals surface area (Å²) in [6.07, 6.45) is 0. The van der Waals surface area contributed by atoms with Gasteiger partial charge in [0.15, 0.2) is 11.5 Å². The van der Waals surface area contributed by atoms with E-state index in [4.69, 9.17) is 4.74 Å². The standard InChI is InChI=1S/C20H22F2N2O4S/c1-14-6-7-16(12-15(14)2)28-13-19(25)23-8-10-24(11-9-23)29(26,27)20-17(21)4-3-5-18(20)22/h3-7,12H,8-11,13H2,1-2H3. The molecule has 3 rings (SSSR count). The molecule has 1 fully saturated rings. The van der Waals surface area contributed by atoms with Crippen LogP contribution in [0.3, 0.4) is 0 Å². The van der Waals surface area contributed by atoms with Gasteiger partial charge in [0.1, 0.15) is 17.4 Å². The van der Waals surface area contributed by atoms with E-state index in [2.05, 4.69) is 0 Å². The molecule has 0 unspecified atom stereocenters. The van der Waals surface area contributed by atoms with Gasteiger partial charge in [0.25, 0.3) is 5.91 Å². The molecule has 1 aliphatic rings. The highest BCUT2D eigenvalue weighted by atomic mass is 32.2. The molecule has 0 bridgehead atoms. The summed E-state index contributed by atoms with van der Waals surface area (Å²) >= 11 is 0. The molecule has 1 heterocycles. The molecule has 156 valence electrons. The van der Waals surface area contributed by atoms with Gasteiger partial charge in [-0.2, -0.15) is 4.31 Å². The lowest BCUT2D eigenvalue weighted by Gasteiger charge is -2.34. The number of rotatable bonds is 5. The first-order valence-electron chi connectivity index (χ1n) is 9.12. The van der Waals surface area contributed by atoms with E-state index in [1.54, 1.807) is 6.07 Å². The third-order valence-electron chi connectivity index (χ3n) is 4.95. The quantitative estimate of drug-likeness (QED) is 0.740. The van der Waals surface area contributed by atoms with Gasteiger partial charge in [0, 0.05) is 26.2 Å². The van der Waals surface area contributed by atoms with Crippen molar-refractivity contribution >= 4 is 15.9 Å². The maximum absolute atomic E-state index is 13.9. The van der Waals surface area contributed by atoms with Crippen molar-refractivity contribution in [3.63, 3.8) is 0 Å². The second-order valence-corrected chi connectivity index (χ2v) is 8.75. The van der Waals surface area contributed by atoms with Gasteiger partial charge in [-0.25, -0.2) is 17.2 Å². The highest BCUT2D eigenvalue weighted by Gasteiger charge is 2.34. The molecule has 0 aromatic heterocycles. The van der Waals surface area contributed by atoms with Crippen molar-refractivity contribution in [3.8, 4) is 5.75 Å². The number of halogens is 2. The smallest absolute Gasteiger partial charge is 0.260 e. The van der Waals surface area contributed by atoms with Crippen molar-refractivity contribution in [3.05, 3.63) is 59.2 Å². The summed E-state index contributed by atoms with van der Waals surface area (Å²) in [5.41, 5.74) is 2.17. The van der Waals surface area contributed by atoms with Crippen molar-refractivity contribution in [2.75, 3.05) is 32.8 Å². The molecule has 0 saturated carbocycles. The minimum Gasteiger partial charge on any atom is -0.484 e. The first kappa shape index (κ1) is 21.2. The predicted molar refractivity (Wildman–Crippen MR) is 103 cm³/mol. The summed E-state index contributed by atoms with van der Waals surface area (Å²) in [7, 11) is -4.32. The summed E-state index contributed by atoms with van der Waals surface area (Å²) in [5.74, 6) is -1.97. The average molecular weight is 424 g/mol. The van der Waals surface area contributed by atoms with Crippen molar-refractivity contribution in [2.24, 2.45) is 0 Å². The number of carbonyl (C=O) groups is 1. The molecule has 6 nitrogen and oxygen atoms in total. The molecule has 2 aromatic carbocycles. The molecule has 29 heavy (non-hydrogen) atoms. The van der Waals surface area contributed by atoms with Gasteiger partial charge in [0.05, 0.1) is 0 Å². The summed E-state index contributed by atoms with van der Waals surface area (Å²) in [5, 5.41) is 0. The van der Waals surface area contributed by atoms with Gasteiger partial charge in [0.2, 0.25) is 10.0 Å². The van der Waals surface area contributed by atoms with Crippen LogP contribution in [0, 0.1) is 25.5 Å². The Bertz CT molecular complexity index is 999. The minimum absolute atomic E-state index is 0.0501. The van der Waals surface area contributed by atoms with E-state index in [1.165, 1.54) is 4.90 Å². The lowest BCUT2D eigenvalue weighted by Crippen LogP contribution is -2.51. The number of aryl methyl sites for hydroxylation is 2. The monoisotopic (exact) mass is 424 g/mol. The summed E-state index contributed by atoms with van der Waals surface area (Å²) in [4.78, 5) is 12.9. The normalized spacial score (nSPS) is 15.4. The summed E-state index contributed by atoms with van der Waals surface area (Å²) < 4.78 is 59.5. The summed E-state index contributed by atoms with van der Waals surface area (Å²) in [6, 6.07) is 8.44. The number of amides is 1. The molecule has 0 spiro atoms. The molecular formula is C20H22F2N2O4S. The SMILES string of the molecule is Cc1ccc(OCC(=O)N2CCN(S(=O)(=O)c3c(F)cccc3F)CC2)cc1C. The van der Waals surface area contributed by atoms with Crippen LogP contribution >= 0.6 is 0 Å². The predicted octanol–water partition coefficient (Wildman–Crippen LogP) is 2.49. The molecule has 0 radical (unpaired) electrons. The molecule has 9 heteroatoms. The number of hydrogen-bond acceptors (Lipinski definition) is 4. The van der Waals surface area contributed by atoms with Crippen LogP contribution in [0.5, 0.6) is 5.75 Å². The van der Waals surface area contributed by atoms with Crippen molar-refractivity contribution < 1.29 is 26.7 Å². The lowest BCUT2D eigenvalue weighted by atomic mass is 10.1. The Morgan fingerprint density at radius 3 is 2.21 bits per heavy atom. The topological polar surface area (TPSA) is 66.9 Å². The van der Waals surface area contributed by atoms with Crippen molar-refractivity contribution in [2.45, 2.75) is 18.7 Å². The Labute approximate surface area is 168 Å². The molecular weight excluding hydrogens is 402 g/mol. The molecule has 1 saturated heterocycles. The fourth-order valence-corrected chi connectivity index (χ4v) is 4.61. The van der Waals surface area contributed by atoms with E-state index in [-0.39, 0.29) is 38.7 Å². The second kappa shape index (κ2) is 8.46. The number of nitrogens with zero attached hydrogens (tertiary/aromatic N) is 2. The van der Waals surface area contributed by atoms with Gasteiger partial charge in [-0.15, -0.1) is 0 Å². The van der Waals surface area contributed by atoms with Crippen LogP contribution in [-0.4, -0.2) is 56.3 Å². The van der Waals surface area contributed by atoms with Crippen LogP contribution in [0.1, 0.15) is 11.1 Å². The number of piperazine rings is 1. The van der Waals surface area contributed by atoms with E-state index in [0.29, 0.717) is 5.75 Å². The number of sulfonamides is 1. The Balaban J connectivity index is 1.59. The van der Waals surface area contributed by atoms with E-state index >= 15 is 0 Å². The van der Waals surface area contributed by atoms with Crippen LogP contribution in [0.2, 0.25) is 0 Å². The highest BCUT2D eigenvalue weighted by Crippen LogP contribution is 2.23. The molecule has 0 aliphatic carbocycles. The Kier molecular flexibility index (Phi) is 6.18. The molecule has 0 N–H and O–H groups in total. The highest BCUT2D eigenvalue weighted by molar-refractivity contribution is 7.89. The Morgan fingerprint density at radius 1 is 1.00 bits per heavy atom. The maximum atomic E-state index is 13.9.